The first-order valence-electron chi connectivity index (χ1n) is 8.64. The van der Waals surface area contributed by atoms with E-state index in [4.69, 9.17) is 0 Å². The summed E-state index contributed by atoms with van der Waals surface area (Å²) in [5.74, 6) is 1.81. The van der Waals surface area contributed by atoms with E-state index in [9.17, 15) is 0 Å². The summed E-state index contributed by atoms with van der Waals surface area (Å²) in [6, 6.07) is 2.50. The number of hydrogen-bond donors (Lipinski definition) is 2. The largest absolute Gasteiger partial charge is 0.357 e. The average Bonchev–Trinajstić information content (AvgIpc) is 3.40. The predicted molar refractivity (Wildman–Crippen MR) is 108 cm³/mol. The Hall–Kier alpha value is -1.16. The van der Waals surface area contributed by atoms with E-state index >= 15 is 0 Å². The normalized spacial score (nSPS) is 18.9. The Balaban J connectivity index is 0.00000208. The number of guanidine groups is 1. The average molecular weight is 445 g/mol. The van der Waals surface area contributed by atoms with E-state index in [0.717, 1.165) is 57.7 Å². The molecule has 2 fully saturated rings. The van der Waals surface area contributed by atoms with Crippen molar-refractivity contribution in [3.63, 3.8) is 0 Å². The maximum absolute atomic E-state index is 4.68. The van der Waals surface area contributed by atoms with E-state index in [1.54, 1.807) is 12.4 Å². The SMILES string of the molecule is CCNC(=NCCN1CCN(c2ncccn2)CC1)NC1CC1.I. The highest BCUT2D eigenvalue weighted by atomic mass is 127. The van der Waals surface area contributed by atoms with Crippen LogP contribution in [0, 0.1) is 0 Å². The monoisotopic (exact) mass is 445 g/mol. The summed E-state index contributed by atoms with van der Waals surface area (Å²) in [6.07, 6.45) is 6.15. The number of anilines is 1. The van der Waals surface area contributed by atoms with E-state index in [2.05, 4.69) is 42.3 Å². The van der Waals surface area contributed by atoms with E-state index in [0.29, 0.717) is 6.04 Å². The van der Waals surface area contributed by atoms with Gasteiger partial charge in [-0.3, -0.25) is 9.89 Å². The van der Waals surface area contributed by atoms with E-state index in [1.165, 1.54) is 12.8 Å². The van der Waals surface area contributed by atoms with Crippen molar-refractivity contribution in [3.05, 3.63) is 18.5 Å². The third-order valence-electron chi connectivity index (χ3n) is 4.16. The summed E-state index contributed by atoms with van der Waals surface area (Å²) >= 11 is 0. The maximum atomic E-state index is 4.68. The number of halogens is 1. The highest BCUT2D eigenvalue weighted by Gasteiger charge is 2.22. The standard InChI is InChI=1S/C16H27N7.HI/c1-2-17-15(21-14-4-5-14)18-8-9-22-10-12-23(13-11-22)16-19-6-3-7-20-16;/h3,6-7,14H,2,4-5,8-13H2,1H3,(H2,17,18,21);1H. The van der Waals surface area contributed by atoms with Crippen molar-refractivity contribution in [2.75, 3.05) is 50.7 Å². The van der Waals surface area contributed by atoms with Crippen molar-refractivity contribution in [3.8, 4) is 0 Å². The van der Waals surface area contributed by atoms with Crippen LogP contribution in [0.2, 0.25) is 0 Å². The summed E-state index contributed by atoms with van der Waals surface area (Å²) in [4.78, 5) is 18.0. The number of hydrogen-bond acceptors (Lipinski definition) is 5. The number of nitrogens with one attached hydrogen (secondary N) is 2. The summed E-state index contributed by atoms with van der Waals surface area (Å²) in [5, 5.41) is 6.77. The lowest BCUT2D eigenvalue weighted by Gasteiger charge is -2.34. The minimum absolute atomic E-state index is 0. The molecule has 0 atom stereocenters. The van der Waals surface area contributed by atoms with Crippen LogP contribution in [0.25, 0.3) is 0 Å². The number of nitrogens with zero attached hydrogens (tertiary/aromatic N) is 5. The van der Waals surface area contributed by atoms with Crippen LogP contribution in [0.5, 0.6) is 0 Å². The first kappa shape index (κ1) is 19.2. The Morgan fingerprint density at radius 2 is 1.92 bits per heavy atom. The maximum Gasteiger partial charge on any atom is 0.225 e. The molecule has 0 amide bonds. The molecular weight excluding hydrogens is 417 g/mol. The second-order valence-electron chi connectivity index (χ2n) is 6.06. The summed E-state index contributed by atoms with van der Waals surface area (Å²) in [5.41, 5.74) is 0. The third-order valence-corrected chi connectivity index (χ3v) is 4.16. The van der Waals surface area contributed by atoms with Gasteiger partial charge in [-0.05, 0) is 25.8 Å². The van der Waals surface area contributed by atoms with Crippen molar-refractivity contribution in [2.45, 2.75) is 25.8 Å². The van der Waals surface area contributed by atoms with Gasteiger partial charge >= 0.3 is 0 Å². The molecule has 1 saturated carbocycles. The molecule has 1 aromatic heterocycles. The first-order chi connectivity index (χ1) is 11.3. The molecule has 0 bridgehead atoms. The zero-order chi connectivity index (χ0) is 15.9. The molecule has 1 aromatic rings. The summed E-state index contributed by atoms with van der Waals surface area (Å²) < 4.78 is 0. The van der Waals surface area contributed by atoms with Gasteiger partial charge < -0.3 is 15.5 Å². The summed E-state index contributed by atoms with van der Waals surface area (Å²) in [7, 11) is 0. The van der Waals surface area contributed by atoms with Crippen molar-refractivity contribution >= 4 is 35.9 Å². The van der Waals surface area contributed by atoms with Gasteiger partial charge in [0.15, 0.2) is 5.96 Å². The first-order valence-corrected chi connectivity index (χ1v) is 8.64. The second kappa shape index (κ2) is 9.97. The fourth-order valence-electron chi connectivity index (χ4n) is 2.67. The topological polar surface area (TPSA) is 68.7 Å². The van der Waals surface area contributed by atoms with E-state index < -0.39 is 0 Å². The Labute approximate surface area is 161 Å². The molecule has 134 valence electrons. The molecular formula is C16H28IN7. The quantitative estimate of drug-likeness (QED) is 0.386. The van der Waals surface area contributed by atoms with Crippen LogP contribution in [0.3, 0.4) is 0 Å². The molecule has 3 rings (SSSR count). The van der Waals surface area contributed by atoms with E-state index in [-0.39, 0.29) is 24.0 Å². The Morgan fingerprint density at radius 3 is 2.54 bits per heavy atom. The van der Waals surface area contributed by atoms with Crippen LogP contribution in [0.15, 0.2) is 23.5 Å². The molecule has 24 heavy (non-hydrogen) atoms. The zero-order valence-electron chi connectivity index (χ0n) is 14.3. The number of piperazine rings is 1. The molecule has 7 nitrogen and oxygen atoms in total. The van der Waals surface area contributed by atoms with Crippen LogP contribution >= 0.6 is 24.0 Å². The molecule has 2 heterocycles. The van der Waals surface area contributed by atoms with Crippen LogP contribution in [0.4, 0.5) is 5.95 Å². The van der Waals surface area contributed by atoms with Crippen LogP contribution < -0.4 is 15.5 Å². The molecule has 0 spiro atoms. The summed E-state index contributed by atoms with van der Waals surface area (Å²) in [6.45, 7) is 8.90. The molecule has 2 aliphatic rings. The number of aromatic nitrogens is 2. The van der Waals surface area contributed by atoms with Crippen molar-refractivity contribution in [1.82, 2.24) is 25.5 Å². The van der Waals surface area contributed by atoms with Gasteiger partial charge in [0.1, 0.15) is 0 Å². The number of rotatable bonds is 6. The molecule has 1 aliphatic carbocycles. The highest BCUT2D eigenvalue weighted by molar-refractivity contribution is 14.0. The van der Waals surface area contributed by atoms with Gasteiger partial charge in [-0.15, -0.1) is 24.0 Å². The van der Waals surface area contributed by atoms with Gasteiger partial charge in [-0.1, -0.05) is 0 Å². The lowest BCUT2D eigenvalue weighted by Crippen LogP contribution is -2.48. The fourth-order valence-corrected chi connectivity index (χ4v) is 2.67. The zero-order valence-corrected chi connectivity index (χ0v) is 16.6. The fraction of sp³-hybridized carbons (Fsp3) is 0.688. The van der Waals surface area contributed by atoms with Gasteiger partial charge in [-0.25, -0.2) is 9.97 Å². The molecule has 0 radical (unpaired) electrons. The van der Waals surface area contributed by atoms with Gasteiger partial charge in [0.2, 0.25) is 5.95 Å². The van der Waals surface area contributed by atoms with Crippen molar-refractivity contribution < 1.29 is 0 Å². The molecule has 1 saturated heterocycles. The van der Waals surface area contributed by atoms with Gasteiger partial charge in [0.25, 0.3) is 0 Å². The Morgan fingerprint density at radius 1 is 1.21 bits per heavy atom. The molecule has 0 aromatic carbocycles. The van der Waals surface area contributed by atoms with Crippen LogP contribution in [-0.4, -0.2) is 72.7 Å². The van der Waals surface area contributed by atoms with Crippen molar-refractivity contribution in [1.29, 1.82) is 0 Å². The molecule has 1 aliphatic heterocycles. The van der Waals surface area contributed by atoms with Gasteiger partial charge in [-0.2, -0.15) is 0 Å². The smallest absolute Gasteiger partial charge is 0.225 e. The molecule has 0 unspecified atom stereocenters. The minimum atomic E-state index is 0. The van der Waals surface area contributed by atoms with Crippen LogP contribution in [-0.2, 0) is 0 Å². The van der Waals surface area contributed by atoms with Crippen LogP contribution in [0.1, 0.15) is 19.8 Å². The van der Waals surface area contributed by atoms with Gasteiger partial charge in [0.05, 0.1) is 6.54 Å². The molecule has 2 N–H and O–H groups in total. The second-order valence-corrected chi connectivity index (χ2v) is 6.06. The van der Waals surface area contributed by atoms with Gasteiger partial charge in [0, 0.05) is 57.7 Å². The minimum Gasteiger partial charge on any atom is -0.357 e. The predicted octanol–water partition coefficient (Wildman–Crippen LogP) is 0.934. The highest BCUT2D eigenvalue weighted by Crippen LogP contribution is 2.18. The van der Waals surface area contributed by atoms with Crippen molar-refractivity contribution in [2.24, 2.45) is 4.99 Å². The lowest BCUT2D eigenvalue weighted by atomic mass is 10.3. The third kappa shape index (κ3) is 6.04. The molecule has 8 heteroatoms. The lowest BCUT2D eigenvalue weighted by molar-refractivity contribution is 0.263. The van der Waals surface area contributed by atoms with E-state index in [1.807, 2.05) is 6.07 Å². The Bertz CT molecular complexity index is 498. The Kier molecular flexibility index (Phi) is 7.97. The number of aliphatic imine (C=N–C) groups is 1.